The van der Waals surface area contributed by atoms with Gasteiger partial charge in [0, 0.05) is 37.1 Å². The van der Waals surface area contributed by atoms with E-state index in [0.29, 0.717) is 37.6 Å². The molecule has 180 valence electrons. The average Bonchev–Trinajstić information content (AvgIpc) is 2.88. The average molecular weight is 475 g/mol. The lowest BCUT2D eigenvalue weighted by Crippen LogP contribution is -2.36. The summed E-state index contributed by atoms with van der Waals surface area (Å²) in [5, 5.41) is 12.8. The molecule has 1 atom stereocenters. The second-order valence-electron chi connectivity index (χ2n) is 8.65. The molecule has 1 amide bonds. The molecule has 0 spiro atoms. The van der Waals surface area contributed by atoms with Crippen LogP contribution < -0.4 is 16.0 Å². The number of carbonyl (C=O) groups excluding carboxylic acids is 1. The summed E-state index contributed by atoms with van der Waals surface area (Å²) in [5.74, 6) is -0.522. The number of rotatable bonds is 6. The fraction of sp³-hybridized carbons (Fsp3) is 0.320. The number of aryl methyl sites for hydroxylation is 1. The minimum Gasteiger partial charge on any atom is -0.478 e. The quantitative estimate of drug-likeness (QED) is 0.489. The van der Waals surface area contributed by atoms with Crippen LogP contribution in [-0.2, 0) is 17.6 Å². The summed E-state index contributed by atoms with van der Waals surface area (Å²) < 4.78 is 5.40. The van der Waals surface area contributed by atoms with Crippen molar-refractivity contribution in [2.75, 3.05) is 36.5 Å². The molecule has 1 fully saturated rings. The Morgan fingerprint density at radius 3 is 2.66 bits per heavy atom. The van der Waals surface area contributed by atoms with Gasteiger partial charge < -0.3 is 25.8 Å². The molecule has 1 unspecified atom stereocenters. The number of aromatic nitrogens is 3. The first-order chi connectivity index (χ1) is 17.0. The van der Waals surface area contributed by atoms with Gasteiger partial charge in [-0.15, -0.1) is 0 Å². The first-order valence-corrected chi connectivity index (χ1v) is 11.6. The second kappa shape index (κ2) is 9.67. The van der Waals surface area contributed by atoms with Crippen molar-refractivity contribution in [3.63, 3.8) is 0 Å². The molecule has 1 aliphatic heterocycles. The third-order valence-corrected chi connectivity index (χ3v) is 6.47. The lowest BCUT2D eigenvalue weighted by Gasteiger charge is -2.28. The minimum absolute atomic E-state index is 0.0665. The smallest absolute Gasteiger partial charge is 0.336 e. The number of pyridine rings is 1. The third kappa shape index (κ3) is 4.78. The number of amides is 1. The van der Waals surface area contributed by atoms with Crippen LogP contribution in [0.1, 0.15) is 38.3 Å². The molecule has 0 radical (unpaired) electrons. The number of carboxylic acids is 1. The first kappa shape index (κ1) is 22.7. The number of aromatic carboxylic acids is 1. The van der Waals surface area contributed by atoms with Gasteiger partial charge in [-0.3, -0.25) is 4.79 Å². The largest absolute Gasteiger partial charge is 0.478 e. The standard InChI is InChI=1S/C25H26N6O4/c26-23(32)22-18(24(33)34)5-2-15-1-4-17(13-19(15)22)29-25-27-8-7-20(30-25)16-3-6-21(28-14-16)31-9-11-35-12-10-31/h2-3,5-8,14,17H,1,4,9-13H2,(H2,26,32)(H,33,34)(H,27,29,30). The van der Waals surface area contributed by atoms with Crippen molar-refractivity contribution in [2.24, 2.45) is 5.73 Å². The first-order valence-electron chi connectivity index (χ1n) is 11.6. The molecule has 35 heavy (non-hydrogen) atoms. The molecule has 0 bridgehead atoms. The number of fused-ring (bicyclic) bond motifs is 1. The van der Waals surface area contributed by atoms with Gasteiger partial charge in [0.25, 0.3) is 0 Å². The number of hydrogen-bond acceptors (Lipinski definition) is 8. The van der Waals surface area contributed by atoms with Gasteiger partial charge in [-0.2, -0.15) is 0 Å². The molecule has 10 nitrogen and oxygen atoms in total. The van der Waals surface area contributed by atoms with Gasteiger partial charge in [0.2, 0.25) is 11.9 Å². The Hall–Kier alpha value is -4.05. The highest BCUT2D eigenvalue weighted by atomic mass is 16.5. The number of nitrogens with two attached hydrogens (primary N) is 1. The summed E-state index contributed by atoms with van der Waals surface area (Å²) >= 11 is 0. The maximum atomic E-state index is 12.1. The maximum absolute atomic E-state index is 12.1. The van der Waals surface area contributed by atoms with Crippen molar-refractivity contribution in [3.05, 3.63) is 65.0 Å². The number of nitrogens with one attached hydrogen (secondary N) is 1. The van der Waals surface area contributed by atoms with Gasteiger partial charge in [0.15, 0.2) is 0 Å². The molecule has 3 aromatic rings. The third-order valence-electron chi connectivity index (χ3n) is 6.47. The van der Waals surface area contributed by atoms with Crippen LogP contribution in [0.3, 0.4) is 0 Å². The summed E-state index contributed by atoms with van der Waals surface area (Å²) in [6.07, 6.45) is 5.44. The number of benzene rings is 1. The Bertz CT molecular complexity index is 1260. The van der Waals surface area contributed by atoms with Crippen LogP contribution in [0.15, 0.2) is 42.7 Å². The van der Waals surface area contributed by atoms with Gasteiger partial charge >= 0.3 is 5.97 Å². The van der Waals surface area contributed by atoms with Crippen LogP contribution in [0.4, 0.5) is 11.8 Å². The minimum atomic E-state index is -1.17. The van der Waals surface area contributed by atoms with Crippen LogP contribution in [-0.4, -0.2) is 64.3 Å². The van der Waals surface area contributed by atoms with E-state index in [1.807, 2.05) is 18.2 Å². The van der Waals surface area contributed by atoms with Crippen LogP contribution in [0.2, 0.25) is 0 Å². The Balaban J connectivity index is 1.33. The van der Waals surface area contributed by atoms with E-state index >= 15 is 0 Å². The molecule has 1 aliphatic carbocycles. The number of primary amides is 1. The molecule has 2 aromatic heterocycles. The molecular formula is C25H26N6O4. The zero-order valence-electron chi connectivity index (χ0n) is 19.1. The van der Waals surface area contributed by atoms with Crippen molar-refractivity contribution < 1.29 is 19.4 Å². The SMILES string of the molecule is NC(=O)c1c(C(=O)O)ccc2c1CC(Nc1nccc(-c3ccc(N4CCOCC4)nc3)n1)CC2. The van der Waals surface area contributed by atoms with E-state index in [0.717, 1.165) is 42.1 Å². The molecule has 4 N–H and O–H groups in total. The van der Waals surface area contributed by atoms with Gasteiger partial charge in [-0.1, -0.05) is 6.07 Å². The summed E-state index contributed by atoms with van der Waals surface area (Å²) in [5.41, 5.74) is 8.82. The molecule has 0 saturated carbocycles. The second-order valence-corrected chi connectivity index (χ2v) is 8.65. The van der Waals surface area contributed by atoms with E-state index < -0.39 is 11.9 Å². The number of anilines is 2. The van der Waals surface area contributed by atoms with Crippen molar-refractivity contribution in [1.29, 1.82) is 0 Å². The van der Waals surface area contributed by atoms with Crippen LogP contribution in [0.5, 0.6) is 0 Å². The topological polar surface area (TPSA) is 144 Å². The summed E-state index contributed by atoms with van der Waals surface area (Å²) in [6.45, 7) is 3.05. The Morgan fingerprint density at radius 1 is 1.11 bits per heavy atom. The Labute approximate surface area is 202 Å². The van der Waals surface area contributed by atoms with Crippen molar-refractivity contribution in [2.45, 2.75) is 25.3 Å². The molecule has 3 heterocycles. The van der Waals surface area contributed by atoms with Crippen LogP contribution in [0, 0.1) is 0 Å². The zero-order chi connectivity index (χ0) is 24.4. The molecule has 1 saturated heterocycles. The lowest BCUT2D eigenvalue weighted by atomic mass is 9.83. The molecule has 1 aromatic carbocycles. The van der Waals surface area contributed by atoms with Gasteiger partial charge in [-0.05, 0) is 54.7 Å². The Morgan fingerprint density at radius 2 is 1.94 bits per heavy atom. The van der Waals surface area contributed by atoms with Gasteiger partial charge in [0.05, 0.1) is 30.0 Å². The predicted octanol–water partition coefficient (Wildman–Crippen LogP) is 2.14. The van der Waals surface area contributed by atoms with Crippen molar-refractivity contribution in [1.82, 2.24) is 15.0 Å². The monoisotopic (exact) mass is 474 g/mol. The van der Waals surface area contributed by atoms with E-state index in [2.05, 4.69) is 25.2 Å². The van der Waals surface area contributed by atoms with E-state index in [9.17, 15) is 14.7 Å². The van der Waals surface area contributed by atoms with Gasteiger partial charge in [-0.25, -0.2) is 19.7 Å². The highest BCUT2D eigenvalue weighted by molar-refractivity contribution is 6.05. The molecule has 5 rings (SSSR count). The fourth-order valence-electron chi connectivity index (χ4n) is 4.71. The van der Waals surface area contributed by atoms with Crippen molar-refractivity contribution in [3.8, 4) is 11.3 Å². The fourth-order valence-corrected chi connectivity index (χ4v) is 4.71. The molecule has 10 heteroatoms. The van der Waals surface area contributed by atoms with E-state index in [1.54, 1.807) is 18.5 Å². The number of ether oxygens (including phenoxy) is 1. The summed E-state index contributed by atoms with van der Waals surface area (Å²) in [4.78, 5) is 39.5. The summed E-state index contributed by atoms with van der Waals surface area (Å²) in [6, 6.07) is 8.97. The van der Waals surface area contributed by atoms with E-state index in [1.165, 1.54) is 6.07 Å². The lowest BCUT2D eigenvalue weighted by molar-refractivity contribution is 0.0691. The number of morpholine rings is 1. The maximum Gasteiger partial charge on any atom is 0.336 e. The zero-order valence-corrected chi connectivity index (χ0v) is 19.1. The number of carboxylic acid groups (broad SMARTS) is 1. The number of carbonyl (C=O) groups is 2. The predicted molar refractivity (Wildman–Crippen MR) is 130 cm³/mol. The highest BCUT2D eigenvalue weighted by Gasteiger charge is 2.27. The van der Waals surface area contributed by atoms with Crippen LogP contribution >= 0.6 is 0 Å². The van der Waals surface area contributed by atoms with E-state index in [-0.39, 0.29) is 17.2 Å². The highest BCUT2D eigenvalue weighted by Crippen LogP contribution is 2.29. The molecular weight excluding hydrogens is 448 g/mol. The van der Waals surface area contributed by atoms with Crippen molar-refractivity contribution >= 4 is 23.6 Å². The number of hydrogen-bond donors (Lipinski definition) is 3. The van der Waals surface area contributed by atoms with Gasteiger partial charge in [0.1, 0.15) is 5.82 Å². The summed E-state index contributed by atoms with van der Waals surface area (Å²) in [7, 11) is 0. The Kier molecular flexibility index (Phi) is 6.28. The molecule has 2 aliphatic rings. The van der Waals surface area contributed by atoms with Crippen LogP contribution in [0.25, 0.3) is 11.3 Å². The van der Waals surface area contributed by atoms with E-state index in [4.69, 9.17) is 10.5 Å². The number of nitrogens with zero attached hydrogens (tertiary/aromatic N) is 4. The normalized spacial score (nSPS) is 17.5.